The van der Waals surface area contributed by atoms with Crippen LogP contribution in [0.5, 0.6) is 0 Å². The Balaban J connectivity index is 1.46. The van der Waals surface area contributed by atoms with E-state index in [9.17, 15) is 14.4 Å². The standard InChI is InChI=1S/C21H27N3O6/c25-19(28-13-10-22-4-5-22)16-2-1-3-17(20(26)29-14-11-23-6-7-23)18(16)21(27)30-15-12-24-8-9-24/h1-3H,4-15H2. The first-order valence-electron chi connectivity index (χ1n) is 10.4. The van der Waals surface area contributed by atoms with Gasteiger partial charge in [-0.25, -0.2) is 14.4 Å². The Morgan fingerprint density at radius 1 is 0.633 bits per heavy atom. The Morgan fingerprint density at radius 2 is 1.00 bits per heavy atom. The van der Waals surface area contributed by atoms with Crippen molar-refractivity contribution < 1.29 is 28.6 Å². The van der Waals surface area contributed by atoms with Gasteiger partial charge in [0.1, 0.15) is 19.8 Å². The van der Waals surface area contributed by atoms with E-state index in [1.165, 1.54) is 12.1 Å². The van der Waals surface area contributed by atoms with E-state index in [0.29, 0.717) is 19.6 Å². The molecule has 3 heterocycles. The summed E-state index contributed by atoms with van der Waals surface area (Å²) in [4.78, 5) is 44.4. The molecule has 0 aliphatic carbocycles. The molecule has 3 aliphatic rings. The molecule has 1 aromatic rings. The topological polar surface area (TPSA) is 87.9 Å². The molecule has 9 nitrogen and oxygen atoms in total. The fourth-order valence-electron chi connectivity index (χ4n) is 3.03. The molecule has 0 saturated carbocycles. The first kappa shape index (κ1) is 20.8. The molecular weight excluding hydrogens is 390 g/mol. The quantitative estimate of drug-likeness (QED) is 0.267. The average molecular weight is 417 g/mol. The number of ether oxygens (including phenoxy) is 3. The van der Waals surface area contributed by atoms with E-state index < -0.39 is 17.9 Å². The largest absolute Gasteiger partial charge is 0.461 e. The van der Waals surface area contributed by atoms with E-state index in [-0.39, 0.29) is 36.5 Å². The van der Waals surface area contributed by atoms with Crippen LogP contribution < -0.4 is 0 Å². The normalized spacial score (nSPS) is 18.0. The summed E-state index contributed by atoms with van der Waals surface area (Å²) in [6.07, 6.45) is 0. The lowest BCUT2D eigenvalue weighted by Crippen LogP contribution is -2.23. The van der Waals surface area contributed by atoms with Gasteiger partial charge in [-0.15, -0.1) is 0 Å². The molecule has 0 spiro atoms. The fraction of sp³-hybridized carbons (Fsp3) is 0.571. The Bertz CT molecular complexity index is 754. The van der Waals surface area contributed by atoms with Gasteiger partial charge in [0.15, 0.2) is 0 Å². The highest BCUT2D eigenvalue weighted by molar-refractivity contribution is 6.10. The third-order valence-corrected chi connectivity index (χ3v) is 5.25. The molecule has 3 fully saturated rings. The number of nitrogens with zero attached hydrogens (tertiary/aromatic N) is 3. The number of esters is 3. The van der Waals surface area contributed by atoms with E-state index in [1.54, 1.807) is 6.07 Å². The molecule has 0 atom stereocenters. The fourth-order valence-corrected chi connectivity index (χ4v) is 3.03. The molecule has 3 aliphatic heterocycles. The summed E-state index contributed by atoms with van der Waals surface area (Å²) >= 11 is 0. The van der Waals surface area contributed by atoms with Crippen LogP contribution in [0, 0.1) is 0 Å². The van der Waals surface area contributed by atoms with Crippen LogP contribution in [-0.2, 0) is 14.2 Å². The first-order chi connectivity index (χ1) is 14.6. The maximum absolute atomic E-state index is 12.8. The van der Waals surface area contributed by atoms with E-state index in [2.05, 4.69) is 14.7 Å². The summed E-state index contributed by atoms with van der Waals surface area (Å²) < 4.78 is 16.0. The molecular formula is C21H27N3O6. The van der Waals surface area contributed by atoms with Crippen molar-refractivity contribution in [1.29, 1.82) is 0 Å². The molecule has 4 rings (SSSR count). The van der Waals surface area contributed by atoms with Crippen LogP contribution in [0.15, 0.2) is 18.2 Å². The van der Waals surface area contributed by atoms with E-state index in [0.717, 1.165) is 39.3 Å². The highest BCUT2D eigenvalue weighted by Gasteiger charge is 2.28. The van der Waals surface area contributed by atoms with E-state index in [1.807, 2.05) is 0 Å². The van der Waals surface area contributed by atoms with Gasteiger partial charge in [-0.3, -0.25) is 14.7 Å². The molecule has 1 aromatic carbocycles. The van der Waals surface area contributed by atoms with Gasteiger partial charge in [-0.1, -0.05) is 6.07 Å². The van der Waals surface area contributed by atoms with Crippen LogP contribution in [0.3, 0.4) is 0 Å². The zero-order chi connectivity index (χ0) is 20.9. The van der Waals surface area contributed by atoms with E-state index >= 15 is 0 Å². The van der Waals surface area contributed by atoms with Crippen molar-refractivity contribution in [3.63, 3.8) is 0 Å². The highest BCUT2D eigenvalue weighted by atomic mass is 16.5. The van der Waals surface area contributed by atoms with Crippen molar-refractivity contribution in [3.8, 4) is 0 Å². The van der Waals surface area contributed by atoms with Crippen molar-refractivity contribution in [3.05, 3.63) is 34.9 Å². The monoisotopic (exact) mass is 417 g/mol. The number of hydrogen-bond acceptors (Lipinski definition) is 9. The lowest BCUT2D eigenvalue weighted by atomic mass is 10.0. The maximum Gasteiger partial charge on any atom is 0.339 e. The zero-order valence-electron chi connectivity index (χ0n) is 17.0. The van der Waals surface area contributed by atoms with Gasteiger partial charge in [0.25, 0.3) is 0 Å². The summed E-state index contributed by atoms with van der Waals surface area (Å²) in [6, 6.07) is 4.51. The molecule has 0 unspecified atom stereocenters. The van der Waals surface area contributed by atoms with Crippen LogP contribution in [-0.4, -0.2) is 111 Å². The molecule has 0 amide bonds. The molecule has 30 heavy (non-hydrogen) atoms. The van der Waals surface area contributed by atoms with Gasteiger partial charge < -0.3 is 14.2 Å². The van der Waals surface area contributed by atoms with Crippen molar-refractivity contribution in [2.75, 3.05) is 78.7 Å². The predicted molar refractivity (Wildman–Crippen MR) is 107 cm³/mol. The highest BCUT2D eigenvalue weighted by Crippen LogP contribution is 2.20. The molecule has 0 radical (unpaired) electrons. The number of carbonyl (C=O) groups is 3. The van der Waals surface area contributed by atoms with Gasteiger partial charge in [0, 0.05) is 58.9 Å². The Kier molecular flexibility index (Phi) is 6.61. The molecule has 9 heteroatoms. The summed E-state index contributed by atoms with van der Waals surface area (Å²) in [7, 11) is 0. The van der Waals surface area contributed by atoms with Gasteiger partial charge in [0.2, 0.25) is 0 Å². The molecule has 0 N–H and O–H groups in total. The van der Waals surface area contributed by atoms with Crippen LogP contribution in [0.1, 0.15) is 31.1 Å². The van der Waals surface area contributed by atoms with E-state index in [4.69, 9.17) is 14.2 Å². The number of hydrogen-bond donors (Lipinski definition) is 0. The number of carbonyl (C=O) groups excluding carboxylic acids is 3. The first-order valence-corrected chi connectivity index (χ1v) is 10.4. The van der Waals surface area contributed by atoms with Gasteiger partial charge >= 0.3 is 17.9 Å². The van der Waals surface area contributed by atoms with Crippen molar-refractivity contribution in [2.45, 2.75) is 0 Å². The van der Waals surface area contributed by atoms with Crippen molar-refractivity contribution in [1.82, 2.24) is 14.7 Å². The second kappa shape index (κ2) is 9.55. The van der Waals surface area contributed by atoms with Gasteiger partial charge in [-0.05, 0) is 12.1 Å². The lowest BCUT2D eigenvalue weighted by Gasteiger charge is -2.14. The summed E-state index contributed by atoms with van der Waals surface area (Å²) in [5, 5.41) is 0. The minimum atomic E-state index is -0.715. The number of benzene rings is 1. The summed E-state index contributed by atoms with van der Waals surface area (Å²) in [5.41, 5.74) is -0.0346. The molecule has 0 bridgehead atoms. The number of rotatable bonds is 12. The van der Waals surface area contributed by atoms with Gasteiger partial charge in [-0.2, -0.15) is 0 Å². The predicted octanol–water partition coefficient (Wildman–Crippen LogP) is 0.104. The lowest BCUT2D eigenvalue weighted by molar-refractivity contribution is 0.0427. The second-order valence-electron chi connectivity index (χ2n) is 7.66. The molecule has 3 saturated heterocycles. The second-order valence-corrected chi connectivity index (χ2v) is 7.66. The molecule has 0 aromatic heterocycles. The SMILES string of the molecule is O=C(OCCN1CC1)c1cccc(C(=O)OCCN2CC2)c1C(=O)OCCN1CC1. The summed E-state index contributed by atoms with van der Waals surface area (Å²) in [6.45, 7) is 8.59. The minimum absolute atomic E-state index is 0.0258. The maximum atomic E-state index is 12.8. The van der Waals surface area contributed by atoms with Crippen molar-refractivity contribution in [2.24, 2.45) is 0 Å². The Hall–Kier alpha value is -2.49. The van der Waals surface area contributed by atoms with Crippen LogP contribution in [0.2, 0.25) is 0 Å². The van der Waals surface area contributed by atoms with Crippen LogP contribution in [0.25, 0.3) is 0 Å². The third-order valence-electron chi connectivity index (χ3n) is 5.25. The minimum Gasteiger partial charge on any atom is -0.461 e. The molecule has 162 valence electrons. The average Bonchev–Trinajstić information content (AvgIpc) is 3.58. The summed E-state index contributed by atoms with van der Waals surface area (Å²) in [5.74, 6) is -2.00. The van der Waals surface area contributed by atoms with Crippen LogP contribution in [0.4, 0.5) is 0 Å². The van der Waals surface area contributed by atoms with Crippen molar-refractivity contribution >= 4 is 17.9 Å². The van der Waals surface area contributed by atoms with Gasteiger partial charge in [0.05, 0.1) is 16.7 Å². The Labute approximate surface area is 175 Å². The zero-order valence-corrected chi connectivity index (χ0v) is 17.0. The third kappa shape index (κ3) is 6.01. The van der Waals surface area contributed by atoms with Crippen LogP contribution >= 0.6 is 0 Å². The Morgan fingerprint density at radius 3 is 1.37 bits per heavy atom. The smallest absolute Gasteiger partial charge is 0.339 e.